The molecule has 2 aliphatic rings. The lowest BCUT2D eigenvalue weighted by molar-refractivity contribution is 0.205. The molecule has 2 amide bonds. The Hall–Kier alpha value is -3.39. The molecule has 0 radical (unpaired) electrons. The number of carbonyl (C=O) groups is 1. The number of urea groups is 1. The number of carbonyl (C=O) groups excluding carboxylic acids is 1. The molecule has 1 fully saturated rings. The molecule has 2 aromatic carbocycles. The Morgan fingerprint density at radius 2 is 1.91 bits per heavy atom. The number of amides is 2. The predicted molar refractivity (Wildman–Crippen MR) is 134 cm³/mol. The molecule has 0 atom stereocenters. The summed E-state index contributed by atoms with van der Waals surface area (Å²) in [5.41, 5.74) is 2.13. The van der Waals surface area contributed by atoms with E-state index in [1.54, 1.807) is 47.4 Å². The van der Waals surface area contributed by atoms with E-state index in [0.29, 0.717) is 41.1 Å². The Bertz CT molecular complexity index is 1230. The number of ether oxygens (including phenoxy) is 1. The van der Waals surface area contributed by atoms with Gasteiger partial charge in [-0.25, -0.2) is 14.2 Å². The minimum absolute atomic E-state index is 0.0899. The smallest absolute Gasteiger partial charge is 0.322 e. The predicted octanol–water partition coefficient (Wildman–Crippen LogP) is 5.89. The summed E-state index contributed by atoms with van der Waals surface area (Å²) < 4.78 is 20.4. The van der Waals surface area contributed by atoms with Crippen molar-refractivity contribution in [1.82, 2.24) is 14.9 Å². The monoisotopic (exact) mass is 495 g/mol. The van der Waals surface area contributed by atoms with Crippen LogP contribution < -0.4 is 15.0 Å². The summed E-state index contributed by atoms with van der Waals surface area (Å²) in [6, 6.07) is 13.0. The van der Waals surface area contributed by atoms with Crippen LogP contribution >= 0.6 is 11.6 Å². The van der Waals surface area contributed by atoms with E-state index in [1.165, 1.54) is 6.07 Å². The molecule has 1 saturated heterocycles. The lowest BCUT2D eigenvalue weighted by Gasteiger charge is -2.33. The molecule has 35 heavy (non-hydrogen) atoms. The number of hydrogen-bond acceptors (Lipinski definition) is 5. The fraction of sp³-hybridized carbons (Fsp3) is 0.346. The van der Waals surface area contributed by atoms with Crippen LogP contribution in [0.3, 0.4) is 0 Å². The molecular weight excluding hydrogens is 469 g/mol. The molecule has 3 aromatic rings. The topological polar surface area (TPSA) is 70.6 Å². The van der Waals surface area contributed by atoms with Crippen molar-refractivity contribution in [1.29, 1.82) is 0 Å². The van der Waals surface area contributed by atoms with Crippen LogP contribution in [0.5, 0.6) is 11.6 Å². The highest BCUT2D eigenvalue weighted by Crippen LogP contribution is 2.33. The first-order chi connectivity index (χ1) is 17.0. The summed E-state index contributed by atoms with van der Waals surface area (Å²) in [7, 11) is 0. The second-order valence-electron chi connectivity index (χ2n) is 9.07. The van der Waals surface area contributed by atoms with E-state index in [2.05, 4.69) is 17.1 Å². The number of aromatic nitrogens is 2. The molecule has 0 aliphatic carbocycles. The maximum atomic E-state index is 14.4. The van der Waals surface area contributed by atoms with E-state index < -0.39 is 5.82 Å². The fourth-order valence-corrected chi connectivity index (χ4v) is 4.57. The molecule has 7 nitrogen and oxygen atoms in total. The minimum Gasteiger partial charge on any atom is -0.435 e. The highest BCUT2D eigenvalue weighted by Gasteiger charge is 2.29. The van der Waals surface area contributed by atoms with Crippen LogP contribution in [0.1, 0.15) is 31.0 Å². The lowest BCUT2D eigenvalue weighted by Crippen LogP contribution is -2.40. The third-order valence-corrected chi connectivity index (χ3v) is 6.72. The van der Waals surface area contributed by atoms with Crippen LogP contribution in [0.2, 0.25) is 5.02 Å². The summed E-state index contributed by atoms with van der Waals surface area (Å²) in [6.45, 7) is 4.73. The van der Waals surface area contributed by atoms with Gasteiger partial charge in [0.05, 0.1) is 17.8 Å². The van der Waals surface area contributed by atoms with E-state index in [9.17, 15) is 9.18 Å². The van der Waals surface area contributed by atoms with Gasteiger partial charge in [-0.1, -0.05) is 36.7 Å². The number of para-hydroxylation sites is 1. The summed E-state index contributed by atoms with van der Waals surface area (Å²) in [5, 5.41) is 3.42. The molecule has 2 aliphatic heterocycles. The van der Waals surface area contributed by atoms with Gasteiger partial charge in [0.25, 0.3) is 0 Å². The largest absolute Gasteiger partial charge is 0.435 e. The third kappa shape index (κ3) is 5.32. The Labute approximate surface area is 208 Å². The SMILES string of the molecule is CC1CCN(c2nc3c(c(Oc4ccccc4F)n2)CN(C(=O)Nc2cccc(Cl)c2)CC3)CC1. The number of hydrogen-bond donors (Lipinski definition) is 1. The van der Waals surface area contributed by atoms with Crippen LogP contribution in [0.4, 0.5) is 20.8 Å². The van der Waals surface area contributed by atoms with Gasteiger partial charge in [0.1, 0.15) is 0 Å². The first kappa shape index (κ1) is 23.4. The van der Waals surface area contributed by atoms with Crippen LogP contribution in [0.15, 0.2) is 48.5 Å². The van der Waals surface area contributed by atoms with E-state index in [4.69, 9.17) is 26.3 Å². The first-order valence-electron chi connectivity index (χ1n) is 11.8. The summed E-state index contributed by atoms with van der Waals surface area (Å²) in [6.07, 6.45) is 2.69. The molecule has 0 unspecified atom stereocenters. The highest BCUT2D eigenvalue weighted by atomic mass is 35.5. The van der Waals surface area contributed by atoms with Crippen LogP contribution in [0, 0.1) is 11.7 Å². The van der Waals surface area contributed by atoms with Gasteiger partial charge in [-0.2, -0.15) is 4.98 Å². The molecule has 5 rings (SSSR count). The Balaban J connectivity index is 1.43. The maximum absolute atomic E-state index is 14.4. The fourth-order valence-electron chi connectivity index (χ4n) is 4.38. The zero-order chi connectivity index (χ0) is 24.4. The standard InChI is InChI=1S/C26H27ClFN5O2/c1-17-9-12-32(13-10-17)25-30-22-11-14-33(26(34)29-19-6-4-5-18(27)15-19)16-20(22)24(31-25)35-23-8-3-2-7-21(23)28/h2-8,15,17H,9-14,16H2,1H3,(H,29,34). The average Bonchev–Trinajstić information content (AvgIpc) is 2.85. The molecule has 1 N–H and O–H groups in total. The Kier molecular flexibility index (Phi) is 6.72. The van der Waals surface area contributed by atoms with Crippen molar-refractivity contribution in [3.63, 3.8) is 0 Å². The number of fused-ring (bicyclic) bond motifs is 1. The second kappa shape index (κ2) is 10.1. The molecule has 182 valence electrons. The van der Waals surface area contributed by atoms with Crippen LogP contribution in [-0.4, -0.2) is 40.5 Å². The molecule has 1 aromatic heterocycles. The van der Waals surface area contributed by atoms with Gasteiger partial charge in [0.2, 0.25) is 11.8 Å². The van der Waals surface area contributed by atoms with Crippen molar-refractivity contribution < 1.29 is 13.9 Å². The number of anilines is 2. The molecule has 0 saturated carbocycles. The van der Waals surface area contributed by atoms with Crippen LogP contribution in [-0.2, 0) is 13.0 Å². The van der Waals surface area contributed by atoms with Gasteiger partial charge < -0.3 is 19.9 Å². The molecular formula is C26H27ClFN5O2. The van der Waals surface area contributed by atoms with Crippen molar-refractivity contribution in [3.05, 3.63) is 70.6 Å². The van der Waals surface area contributed by atoms with E-state index in [1.807, 2.05) is 0 Å². The summed E-state index contributed by atoms with van der Waals surface area (Å²) in [4.78, 5) is 26.4. The average molecular weight is 496 g/mol. The van der Waals surface area contributed by atoms with Crippen LogP contribution in [0.25, 0.3) is 0 Å². The van der Waals surface area contributed by atoms with E-state index in [0.717, 1.165) is 31.6 Å². The number of piperidine rings is 1. The Morgan fingerprint density at radius 3 is 2.69 bits per heavy atom. The van der Waals surface area contributed by atoms with Crippen molar-refractivity contribution in [2.45, 2.75) is 32.7 Å². The second-order valence-corrected chi connectivity index (χ2v) is 9.50. The first-order valence-corrected chi connectivity index (χ1v) is 12.2. The van der Waals surface area contributed by atoms with Crippen molar-refractivity contribution in [3.8, 4) is 11.6 Å². The lowest BCUT2D eigenvalue weighted by atomic mass is 9.99. The van der Waals surface area contributed by atoms with Gasteiger partial charge in [-0.05, 0) is 49.1 Å². The normalized spacial score (nSPS) is 16.1. The van der Waals surface area contributed by atoms with Gasteiger partial charge >= 0.3 is 6.03 Å². The van der Waals surface area contributed by atoms with Gasteiger partial charge in [0.15, 0.2) is 11.6 Å². The number of benzene rings is 2. The molecule has 0 bridgehead atoms. The quantitative estimate of drug-likeness (QED) is 0.489. The zero-order valence-electron chi connectivity index (χ0n) is 19.5. The van der Waals surface area contributed by atoms with E-state index >= 15 is 0 Å². The van der Waals surface area contributed by atoms with Gasteiger partial charge in [0, 0.05) is 36.8 Å². The Morgan fingerprint density at radius 1 is 1.11 bits per heavy atom. The zero-order valence-corrected chi connectivity index (χ0v) is 20.3. The van der Waals surface area contributed by atoms with E-state index in [-0.39, 0.29) is 24.2 Å². The number of rotatable bonds is 4. The minimum atomic E-state index is -0.473. The van der Waals surface area contributed by atoms with Crippen molar-refractivity contribution in [2.24, 2.45) is 5.92 Å². The number of nitrogens with zero attached hydrogens (tertiary/aromatic N) is 4. The molecule has 3 heterocycles. The van der Waals surface area contributed by atoms with Crippen molar-refractivity contribution >= 4 is 29.3 Å². The van der Waals surface area contributed by atoms with Gasteiger partial charge in [-0.3, -0.25) is 0 Å². The van der Waals surface area contributed by atoms with Crippen molar-refractivity contribution in [2.75, 3.05) is 29.9 Å². The number of nitrogens with one attached hydrogen (secondary N) is 1. The summed E-state index contributed by atoms with van der Waals surface area (Å²) in [5.74, 6) is 1.17. The third-order valence-electron chi connectivity index (χ3n) is 6.48. The number of halogens is 2. The summed E-state index contributed by atoms with van der Waals surface area (Å²) >= 11 is 6.05. The van der Waals surface area contributed by atoms with Gasteiger partial charge in [-0.15, -0.1) is 0 Å². The highest BCUT2D eigenvalue weighted by molar-refractivity contribution is 6.30. The maximum Gasteiger partial charge on any atom is 0.322 e. The molecule has 9 heteroatoms. The molecule has 0 spiro atoms.